The molecule has 1 atom stereocenters. The van der Waals surface area contributed by atoms with Crippen molar-refractivity contribution in [3.05, 3.63) is 0 Å². The topological polar surface area (TPSA) is 72.9 Å². The zero-order chi connectivity index (χ0) is 16.5. The second-order valence-corrected chi connectivity index (χ2v) is 6.08. The van der Waals surface area contributed by atoms with Crippen LogP contribution in [-0.2, 0) is 19.1 Å². The standard InChI is InChI=1S/C16H27NO5/c1-4-5-6-9-14(18)17-10-7-8-13(17)15(19)22-16(20)21-11-12(2)3/h12-13H,4-11H2,1-3H3/t13-/m0/s1. The Hall–Kier alpha value is -1.59. The van der Waals surface area contributed by atoms with E-state index in [1.807, 2.05) is 13.8 Å². The number of esters is 1. The first-order chi connectivity index (χ1) is 10.5. The molecule has 1 amide bonds. The predicted octanol–water partition coefficient (Wildman–Crippen LogP) is 2.89. The number of nitrogens with zero attached hydrogens (tertiary/aromatic N) is 1. The fourth-order valence-corrected chi connectivity index (χ4v) is 2.39. The Balaban J connectivity index is 2.45. The van der Waals surface area contributed by atoms with Crippen molar-refractivity contribution in [2.45, 2.75) is 65.3 Å². The van der Waals surface area contributed by atoms with Crippen LogP contribution in [0.4, 0.5) is 4.79 Å². The van der Waals surface area contributed by atoms with Gasteiger partial charge in [0, 0.05) is 13.0 Å². The van der Waals surface area contributed by atoms with E-state index < -0.39 is 18.2 Å². The molecular formula is C16H27NO5. The molecule has 0 unspecified atom stereocenters. The molecule has 22 heavy (non-hydrogen) atoms. The zero-order valence-electron chi connectivity index (χ0n) is 13.8. The van der Waals surface area contributed by atoms with Crippen LogP contribution in [0.3, 0.4) is 0 Å². The van der Waals surface area contributed by atoms with E-state index in [1.165, 1.54) is 4.90 Å². The summed E-state index contributed by atoms with van der Waals surface area (Å²) in [6.45, 7) is 6.61. The number of hydrogen-bond donors (Lipinski definition) is 0. The van der Waals surface area contributed by atoms with Crippen LogP contribution in [0.25, 0.3) is 0 Å². The van der Waals surface area contributed by atoms with Crippen molar-refractivity contribution < 1.29 is 23.9 Å². The van der Waals surface area contributed by atoms with E-state index in [0.29, 0.717) is 19.4 Å². The summed E-state index contributed by atoms with van der Waals surface area (Å²) in [6, 6.07) is -0.652. The van der Waals surface area contributed by atoms with E-state index in [0.717, 1.165) is 25.7 Å². The van der Waals surface area contributed by atoms with Crippen molar-refractivity contribution in [1.29, 1.82) is 0 Å². The molecule has 0 aliphatic carbocycles. The highest BCUT2D eigenvalue weighted by atomic mass is 16.7. The third-order valence-electron chi connectivity index (χ3n) is 3.56. The Bertz CT molecular complexity index is 394. The molecule has 1 fully saturated rings. The summed E-state index contributed by atoms with van der Waals surface area (Å²) in [4.78, 5) is 37.1. The molecule has 126 valence electrons. The summed E-state index contributed by atoms with van der Waals surface area (Å²) in [5.74, 6) is -0.552. The molecule has 0 bridgehead atoms. The molecule has 1 heterocycles. The van der Waals surface area contributed by atoms with E-state index in [1.54, 1.807) is 0 Å². The SMILES string of the molecule is CCCCCC(=O)N1CCC[C@H]1C(=O)OC(=O)OCC(C)C. The second-order valence-electron chi connectivity index (χ2n) is 6.08. The lowest BCUT2D eigenvalue weighted by atomic mass is 10.1. The molecule has 6 heteroatoms. The van der Waals surface area contributed by atoms with E-state index in [-0.39, 0.29) is 18.4 Å². The van der Waals surface area contributed by atoms with Crippen LogP contribution < -0.4 is 0 Å². The Morgan fingerprint density at radius 2 is 1.95 bits per heavy atom. The van der Waals surface area contributed by atoms with Gasteiger partial charge in [-0.2, -0.15) is 0 Å². The van der Waals surface area contributed by atoms with Crippen molar-refractivity contribution in [2.75, 3.05) is 13.2 Å². The van der Waals surface area contributed by atoms with Gasteiger partial charge < -0.3 is 14.4 Å². The van der Waals surface area contributed by atoms with Gasteiger partial charge in [-0.3, -0.25) is 4.79 Å². The van der Waals surface area contributed by atoms with Crippen LogP contribution >= 0.6 is 0 Å². The van der Waals surface area contributed by atoms with Gasteiger partial charge in [0.2, 0.25) is 5.91 Å². The summed E-state index contributed by atoms with van der Waals surface area (Å²) in [5, 5.41) is 0. The molecule has 0 spiro atoms. The molecule has 1 aliphatic rings. The quantitative estimate of drug-likeness (QED) is 0.410. The van der Waals surface area contributed by atoms with Crippen molar-refractivity contribution in [2.24, 2.45) is 5.92 Å². The number of carbonyl (C=O) groups excluding carboxylic acids is 3. The maximum Gasteiger partial charge on any atom is 0.516 e. The van der Waals surface area contributed by atoms with Gasteiger partial charge in [0.15, 0.2) is 0 Å². The van der Waals surface area contributed by atoms with E-state index in [4.69, 9.17) is 9.47 Å². The van der Waals surface area contributed by atoms with E-state index in [2.05, 4.69) is 6.92 Å². The fourth-order valence-electron chi connectivity index (χ4n) is 2.39. The largest absolute Gasteiger partial charge is 0.516 e. The third-order valence-corrected chi connectivity index (χ3v) is 3.56. The minimum absolute atomic E-state index is 0.0385. The average Bonchev–Trinajstić information content (AvgIpc) is 2.94. The van der Waals surface area contributed by atoms with Gasteiger partial charge in [-0.15, -0.1) is 0 Å². The van der Waals surface area contributed by atoms with Crippen molar-refractivity contribution in [3.63, 3.8) is 0 Å². The van der Waals surface area contributed by atoms with Gasteiger partial charge >= 0.3 is 12.1 Å². The molecule has 1 aliphatic heterocycles. The minimum Gasteiger partial charge on any atom is -0.434 e. The van der Waals surface area contributed by atoms with Crippen molar-refractivity contribution in [1.82, 2.24) is 4.90 Å². The van der Waals surface area contributed by atoms with Gasteiger partial charge in [-0.25, -0.2) is 9.59 Å². The highest BCUT2D eigenvalue weighted by Crippen LogP contribution is 2.20. The fraction of sp³-hybridized carbons (Fsp3) is 0.812. The molecule has 0 radical (unpaired) electrons. The lowest BCUT2D eigenvalue weighted by Gasteiger charge is -2.22. The Kier molecular flexibility index (Phi) is 7.91. The monoisotopic (exact) mass is 313 g/mol. The normalized spacial score (nSPS) is 17.6. The van der Waals surface area contributed by atoms with Crippen LogP contribution in [0.2, 0.25) is 0 Å². The lowest BCUT2D eigenvalue weighted by Crippen LogP contribution is -2.42. The molecular weight excluding hydrogens is 286 g/mol. The smallest absolute Gasteiger partial charge is 0.434 e. The average molecular weight is 313 g/mol. The number of amides is 1. The molecule has 0 N–H and O–H groups in total. The van der Waals surface area contributed by atoms with Crippen LogP contribution in [0.15, 0.2) is 0 Å². The Morgan fingerprint density at radius 1 is 1.23 bits per heavy atom. The van der Waals surface area contributed by atoms with Crippen LogP contribution in [0.5, 0.6) is 0 Å². The highest BCUT2D eigenvalue weighted by molar-refractivity contribution is 5.89. The molecule has 1 rings (SSSR count). The summed E-state index contributed by atoms with van der Waals surface area (Å²) in [5.41, 5.74) is 0. The molecule has 1 saturated heterocycles. The number of carbonyl (C=O) groups is 3. The predicted molar refractivity (Wildman–Crippen MR) is 81.2 cm³/mol. The molecule has 0 saturated carbocycles. The zero-order valence-corrected chi connectivity index (χ0v) is 13.8. The van der Waals surface area contributed by atoms with Gasteiger partial charge in [0.25, 0.3) is 0 Å². The van der Waals surface area contributed by atoms with E-state index in [9.17, 15) is 14.4 Å². The molecule has 0 aromatic heterocycles. The highest BCUT2D eigenvalue weighted by Gasteiger charge is 2.36. The summed E-state index contributed by atoms with van der Waals surface area (Å²) >= 11 is 0. The first-order valence-electron chi connectivity index (χ1n) is 8.13. The number of unbranched alkanes of at least 4 members (excludes halogenated alkanes) is 2. The molecule has 6 nitrogen and oxygen atoms in total. The van der Waals surface area contributed by atoms with Gasteiger partial charge in [0.1, 0.15) is 6.04 Å². The van der Waals surface area contributed by atoms with Gasteiger partial charge in [0.05, 0.1) is 6.61 Å². The minimum atomic E-state index is -0.982. The van der Waals surface area contributed by atoms with Crippen LogP contribution in [0.1, 0.15) is 59.3 Å². The van der Waals surface area contributed by atoms with Gasteiger partial charge in [-0.05, 0) is 25.2 Å². The number of rotatable bonds is 7. The number of hydrogen-bond acceptors (Lipinski definition) is 5. The molecule has 0 aromatic carbocycles. The van der Waals surface area contributed by atoms with Gasteiger partial charge in [-0.1, -0.05) is 33.6 Å². The molecule has 0 aromatic rings. The lowest BCUT2D eigenvalue weighted by molar-refractivity contribution is -0.150. The van der Waals surface area contributed by atoms with Crippen molar-refractivity contribution in [3.8, 4) is 0 Å². The number of likely N-dealkylation sites (tertiary alicyclic amines) is 1. The van der Waals surface area contributed by atoms with Crippen molar-refractivity contribution >= 4 is 18.0 Å². The first kappa shape index (κ1) is 18.5. The summed E-state index contributed by atoms with van der Waals surface area (Å²) < 4.78 is 9.52. The summed E-state index contributed by atoms with van der Waals surface area (Å²) in [7, 11) is 0. The maximum absolute atomic E-state index is 12.1. The maximum atomic E-state index is 12.1. The number of ether oxygens (including phenoxy) is 2. The first-order valence-corrected chi connectivity index (χ1v) is 8.13. The Morgan fingerprint density at radius 3 is 2.59 bits per heavy atom. The Labute approximate surface area is 132 Å². The second kappa shape index (κ2) is 9.43. The van der Waals surface area contributed by atoms with E-state index >= 15 is 0 Å². The van der Waals surface area contributed by atoms with Crippen LogP contribution in [0, 0.1) is 5.92 Å². The summed E-state index contributed by atoms with van der Waals surface area (Å²) in [6.07, 6.45) is 3.61. The van der Waals surface area contributed by atoms with Crippen LogP contribution in [-0.4, -0.2) is 42.1 Å². The third kappa shape index (κ3) is 6.03.